The van der Waals surface area contributed by atoms with E-state index < -0.39 is 41.2 Å². The number of nitrogens with zero attached hydrogens (tertiary/aromatic N) is 5. The van der Waals surface area contributed by atoms with Gasteiger partial charge < -0.3 is 5.32 Å². The Morgan fingerprint density at radius 1 is 1.22 bits per heavy atom. The third-order valence-electron chi connectivity index (χ3n) is 3.61. The molecule has 1 N–H and O–H groups in total. The Bertz CT molecular complexity index is 1140. The number of anilines is 1. The van der Waals surface area contributed by atoms with Gasteiger partial charge >= 0.3 is 11.9 Å². The molecule has 3 aromatic rings. The lowest BCUT2D eigenvalue weighted by Crippen LogP contribution is -2.42. The molecule has 3 aromatic heterocycles. The van der Waals surface area contributed by atoms with E-state index in [4.69, 9.17) is 0 Å². The summed E-state index contributed by atoms with van der Waals surface area (Å²) in [4.78, 5) is 47.8. The van der Waals surface area contributed by atoms with Crippen LogP contribution in [0.5, 0.6) is 0 Å². The summed E-state index contributed by atoms with van der Waals surface area (Å²) < 4.78 is 39.8. The van der Waals surface area contributed by atoms with Gasteiger partial charge in [-0.15, -0.1) is 0 Å². The van der Waals surface area contributed by atoms with E-state index in [9.17, 15) is 27.6 Å². The first-order valence-electron chi connectivity index (χ1n) is 7.42. The van der Waals surface area contributed by atoms with Gasteiger partial charge in [0.15, 0.2) is 5.82 Å². The molecule has 0 aliphatic heterocycles. The number of carbonyl (C=O) groups is 1. The smallest absolute Gasteiger partial charge is 0.308 e. The topological polar surface area (TPSA) is 112 Å². The first-order valence-corrected chi connectivity index (χ1v) is 7.42. The molecule has 0 aliphatic carbocycles. The Morgan fingerprint density at radius 3 is 2.59 bits per heavy atom. The predicted molar refractivity (Wildman–Crippen MR) is 86.9 cm³/mol. The summed E-state index contributed by atoms with van der Waals surface area (Å²) in [5.74, 6) is -0.612. The van der Waals surface area contributed by atoms with E-state index in [0.717, 1.165) is 17.7 Å². The van der Waals surface area contributed by atoms with Crippen molar-refractivity contribution in [2.75, 3.05) is 5.32 Å². The summed E-state index contributed by atoms with van der Waals surface area (Å²) in [6.45, 7) is -0.654. The zero-order chi connectivity index (χ0) is 19.8. The highest BCUT2D eigenvalue weighted by molar-refractivity contribution is 5.89. The van der Waals surface area contributed by atoms with Crippen LogP contribution in [0.15, 0.2) is 40.3 Å². The third-order valence-corrected chi connectivity index (χ3v) is 3.61. The van der Waals surface area contributed by atoms with Gasteiger partial charge in [0.1, 0.15) is 17.9 Å². The van der Waals surface area contributed by atoms with Crippen LogP contribution in [-0.4, -0.2) is 30.0 Å². The van der Waals surface area contributed by atoms with E-state index >= 15 is 0 Å². The normalized spacial score (nSPS) is 11.6. The molecule has 0 aliphatic rings. The second-order valence-electron chi connectivity index (χ2n) is 5.44. The van der Waals surface area contributed by atoms with Gasteiger partial charge in [-0.05, 0) is 12.1 Å². The Balaban J connectivity index is 2.03. The van der Waals surface area contributed by atoms with E-state index in [-0.39, 0.29) is 11.2 Å². The van der Waals surface area contributed by atoms with Gasteiger partial charge in [0.25, 0.3) is 5.56 Å². The molecule has 1 amide bonds. The zero-order valence-electron chi connectivity index (χ0n) is 13.7. The number of hydrogen-bond acceptors (Lipinski definition) is 6. The third kappa shape index (κ3) is 3.54. The molecule has 0 radical (unpaired) electrons. The van der Waals surface area contributed by atoms with Crippen LogP contribution in [-0.2, 0) is 24.6 Å². The molecule has 3 rings (SSSR count). The fraction of sp³-hybridized carbons (Fsp3) is 0.200. The van der Waals surface area contributed by atoms with Crippen LogP contribution in [0.2, 0.25) is 0 Å². The molecule has 0 aromatic carbocycles. The fourth-order valence-corrected chi connectivity index (χ4v) is 2.36. The second kappa shape index (κ2) is 6.63. The molecular weight excluding hydrogens is 369 g/mol. The highest BCUT2D eigenvalue weighted by Crippen LogP contribution is 2.28. The number of nitrogens with one attached hydrogen (secondary N) is 1. The van der Waals surface area contributed by atoms with Crippen molar-refractivity contribution in [3.63, 3.8) is 0 Å². The minimum atomic E-state index is -4.73. The molecule has 140 valence electrons. The molecule has 27 heavy (non-hydrogen) atoms. The van der Waals surface area contributed by atoms with Crippen LogP contribution in [0.1, 0.15) is 5.69 Å². The summed E-state index contributed by atoms with van der Waals surface area (Å²) in [7, 11) is 1.16. The van der Waals surface area contributed by atoms with Gasteiger partial charge in [0, 0.05) is 19.4 Å². The number of rotatable bonds is 3. The number of aryl methyl sites for hydroxylation is 1. The Hall–Kier alpha value is -3.57. The van der Waals surface area contributed by atoms with Crippen LogP contribution in [0.25, 0.3) is 11.0 Å². The summed E-state index contributed by atoms with van der Waals surface area (Å²) >= 11 is 0. The van der Waals surface area contributed by atoms with Crippen molar-refractivity contribution in [3.05, 3.63) is 57.3 Å². The molecular formula is C15H11F3N6O3. The molecule has 0 fully saturated rings. The average molecular weight is 380 g/mol. The van der Waals surface area contributed by atoms with Crippen LogP contribution in [0.3, 0.4) is 0 Å². The van der Waals surface area contributed by atoms with Gasteiger partial charge in [-0.25, -0.2) is 14.8 Å². The van der Waals surface area contributed by atoms with Gasteiger partial charge in [0.05, 0.1) is 11.6 Å². The molecule has 0 atom stereocenters. The Morgan fingerprint density at radius 2 is 1.96 bits per heavy atom. The maximum absolute atomic E-state index is 12.8. The van der Waals surface area contributed by atoms with Crippen molar-refractivity contribution < 1.29 is 18.0 Å². The molecule has 0 spiro atoms. The summed E-state index contributed by atoms with van der Waals surface area (Å²) in [5.41, 5.74) is -3.56. The molecule has 0 saturated heterocycles. The largest absolute Gasteiger partial charge is 0.433 e. The molecule has 12 heteroatoms. The number of fused-ring (bicyclic) bond motifs is 1. The maximum Gasteiger partial charge on any atom is 0.433 e. The van der Waals surface area contributed by atoms with Gasteiger partial charge in [0.2, 0.25) is 5.91 Å². The lowest BCUT2D eigenvalue weighted by molar-refractivity contribution is -0.141. The molecule has 9 nitrogen and oxygen atoms in total. The standard InChI is InChI=1S/C15H11F3N6O3/c1-23-12-8(2-3-9(21-12)15(16,17)18)13(26)24(14(23)27)7-11(25)22-10-6-19-4-5-20-10/h2-6H,7H2,1H3,(H,20,22,25). The fourth-order valence-electron chi connectivity index (χ4n) is 2.36. The quantitative estimate of drug-likeness (QED) is 0.710. The average Bonchev–Trinajstić information content (AvgIpc) is 2.63. The van der Waals surface area contributed by atoms with E-state index in [2.05, 4.69) is 20.3 Å². The highest BCUT2D eigenvalue weighted by atomic mass is 19.4. The van der Waals surface area contributed by atoms with Crippen LogP contribution < -0.4 is 16.6 Å². The zero-order valence-corrected chi connectivity index (χ0v) is 13.7. The number of pyridine rings is 1. The van der Waals surface area contributed by atoms with Crippen molar-refractivity contribution in [1.82, 2.24) is 24.1 Å². The van der Waals surface area contributed by atoms with Crippen LogP contribution in [0.4, 0.5) is 19.0 Å². The van der Waals surface area contributed by atoms with Gasteiger partial charge in [-0.3, -0.25) is 23.7 Å². The Labute approximate surface area is 148 Å². The highest BCUT2D eigenvalue weighted by Gasteiger charge is 2.33. The lowest BCUT2D eigenvalue weighted by Gasteiger charge is -2.12. The SMILES string of the molecule is Cn1c(=O)n(CC(=O)Nc2cnccn2)c(=O)c2ccc(C(F)(F)F)nc21. The van der Waals surface area contributed by atoms with Crippen molar-refractivity contribution in [2.45, 2.75) is 12.7 Å². The second-order valence-corrected chi connectivity index (χ2v) is 5.44. The minimum Gasteiger partial charge on any atom is -0.308 e. The van der Waals surface area contributed by atoms with Crippen molar-refractivity contribution in [3.8, 4) is 0 Å². The van der Waals surface area contributed by atoms with Gasteiger partial charge in [-0.1, -0.05) is 0 Å². The van der Waals surface area contributed by atoms with E-state index in [1.807, 2.05) is 0 Å². The number of hydrogen-bond donors (Lipinski definition) is 1. The van der Waals surface area contributed by atoms with E-state index in [1.54, 1.807) is 0 Å². The molecule has 0 unspecified atom stereocenters. The predicted octanol–water partition coefficient (Wildman–Crippen LogP) is 0.543. The van der Waals surface area contributed by atoms with Crippen molar-refractivity contribution in [2.24, 2.45) is 7.05 Å². The molecule has 3 heterocycles. The van der Waals surface area contributed by atoms with Crippen molar-refractivity contribution >= 4 is 22.8 Å². The number of amides is 1. The molecule has 0 bridgehead atoms. The summed E-state index contributed by atoms with van der Waals surface area (Å²) in [6.07, 6.45) is -0.736. The minimum absolute atomic E-state index is 0.115. The number of halogens is 3. The number of alkyl halides is 3. The Kier molecular flexibility index (Phi) is 4.47. The summed E-state index contributed by atoms with van der Waals surface area (Å²) in [5, 5.41) is 2.13. The first kappa shape index (κ1) is 18.2. The first-order chi connectivity index (χ1) is 12.7. The van der Waals surface area contributed by atoms with Crippen molar-refractivity contribution in [1.29, 1.82) is 0 Å². The van der Waals surface area contributed by atoms with E-state index in [1.165, 1.54) is 18.6 Å². The molecule has 0 saturated carbocycles. The van der Waals surface area contributed by atoms with Crippen LogP contribution in [0, 0.1) is 0 Å². The number of aromatic nitrogens is 5. The van der Waals surface area contributed by atoms with Crippen LogP contribution >= 0.6 is 0 Å². The lowest BCUT2D eigenvalue weighted by atomic mass is 10.2. The number of carbonyl (C=O) groups excluding carboxylic acids is 1. The van der Waals surface area contributed by atoms with E-state index in [0.29, 0.717) is 10.6 Å². The monoisotopic (exact) mass is 380 g/mol. The summed E-state index contributed by atoms with van der Waals surface area (Å²) in [6, 6.07) is 1.56. The maximum atomic E-state index is 12.8. The van der Waals surface area contributed by atoms with Gasteiger partial charge in [-0.2, -0.15) is 13.2 Å².